The Morgan fingerprint density at radius 1 is 0.277 bits per heavy atom. The van der Waals surface area contributed by atoms with Gasteiger partial charge in [-0.05, 0) is 107 Å². The summed E-state index contributed by atoms with van der Waals surface area (Å²) >= 11 is 0. The van der Waals surface area contributed by atoms with Crippen LogP contribution in [-0.2, 0) is 5.41 Å². The zero-order valence-corrected chi connectivity index (χ0v) is 35.5. The number of nitrogens with zero attached hydrogens (tertiary/aromatic N) is 2. The normalized spacial score (nSPS) is 12.7. The Labute approximate surface area is 378 Å². The molecule has 2 heteroatoms. The quantitative estimate of drug-likeness (QED) is 0.167. The van der Waals surface area contributed by atoms with Gasteiger partial charge in [0, 0.05) is 16.7 Å². The molecule has 11 aromatic rings. The fourth-order valence-corrected chi connectivity index (χ4v) is 10.8. The zero-order valence-electron chi connectivity index (χ0n) is 35.5. The molecule has 0 saturated carbocycles. The lowest BCUT2D eigenvalue weighted by atomic mass is 9.69. The molecule has 0 saturated heterocycles. The molecule has 0 atom stereocenters. The molecule has 1 aromatic heterocycles. The summed E-state index contributed by atoms with van der Waals surface area (Å²) in [5, 5.41) is 2.51. The van der Waals surface area contributed by atoms with Gasteiger partial charge in [-0.2, -0.15) is 0 Å². The Hall–Kier alpha value is -8.46. The van der Waals surface area contributed by atoms with Gasteiger partial charge in [0.15, 0.2) is 5.82 Å². The van der Waals surface area contributed by atoms with Crippen molar-refractivity contribution in [2.75, 3.05) is 0 Å². The van der Waals surface area contributed by atoms with Gasteiger partial charge in [-0.1, -0.05) is 224 Å². The van der Waals surface area contributed by atoms with Crippen LogP contribution in [0, 0.1) is 0 Å². The second-order valence-corrected chi connectivity index (χ2v) is 17.2. The average Bonchev–Trinajstić information content (AvgIpc) is 3.87. The molecule has 65 heavy (non-hydrogen) atoms. The molecule has 0 radical (unpaired) electrons. The molecular formula is C63H40N2. The molecule has 2 aliphatic rings. The zero-order chi connectivity index (χ0) is 42.9. The fourth-order valence-electron chi connectivity index (χ4n) is 10.8. The summed E-state index contributed by atoms with van der Waals surface area (Å²) in [6.07, 6.45) is 0. The van der Waals surface area contributed by atoms with E-state index in [1.165, 1.54) is 77.5 Å². The first-order valence-electron chi connectivity index (χ1n) is 22.4. The Morgan fingerprint density at radius 3 is 1.35 bits per heavy atom. The predicted octanol–water partition coefficient (Wildman–Crippen LogP) is 16.0. The second-order valence-electron chi connectivity index (χ2n) is 17.2. The number of hydrogen-bond acceptors (Lipinski definition) is 2. The molecule has 0 N–H and O–H groups in total. The van der Waals surface area contributed by atoms with Gasteiger partial charge >= 0.3 is 0 Å². The Bertz CT molecular complexity index is 3480. The van der Waals surface area contributed by atoms with Gasteiger partial charge in [-0.25, -0.2) is 9.97 Å². The van der Waals surface area contributed by atoms with Crippen LogP contribution < -0.4 is 0 Å². The summed E-state index contributed by atoms with van der Waals surface area (Å²) in [5.74, 6) is 0.690. The van der Waals surface area contributed by atoms with E-state index in [2.05, 4.69) is 243 Å². The van der Waals surface area contributed by atoms with E-state index in [-0.39, 0.29) is 0 Å². The van der Waals surface area contributed by atoms with Gasteiger partial charge in [0.05, 0.1) is 16.8 Å². The highest BCUT2D eigenvalue weighted by Crippen LogP contribution is 2.65. The maximum absolute atomic E-state index is 5.36. The minimum absolute atomic E-state index is 0.463. The first-order chi connectivity index (χ1) is 32.2. The molecule has 0 amide bonds. The van der Waals surface area contributed by atoms with Crippen molar-refractivity contribution in [3.8, 4) is 89.5 Å². The van der Waals surface area contributed by atoms with Crippen LogP contribution in [-0.4, -0.2) is 9.97 Å². The molecule has 0 bridgehead atoms. The maximum atomic E-state index is 5.36. The molecule has 1 spiro atoms. The topological polar surface area (TPSA) is 25.8 Å². The third kappa shape index (κ3) is 5.81. The van der Waals surface area contributed by atoms with Crippen LogP contribution in [0.3, 0.4) is 0 Å². The van der Waals surface area contributed by atoms with E-state index in [1.807, 2.05) is 0 Å². The summed E-state index contributed by atoms with van der Waals surface area (Å²) in [4.78, 5) is 10.6. The van der Waals surface area contributed by atoms with E-state index < -0.39 is 5.41 Å². The summed E-state index contributed by atoms with van der Waals surface area (Å²) in [7, 11) is 0. The van der Waals surface area contributed by atoms with Crippen LogP contribution in [0.25, 0.3) is 100 Å². The lowest BCUT2D eigenvalue weighted by molar-refractivity contribution is 0.801. The third-order valence-corrected chi connectivity index (χ3v) is 13.7. The first-order valence-corrected chi connectivity index (χ1v) is 22.4. The second kappa shape index (κ2) is 14.8. The van der Waals surface area contributed by atoms with E-state index in [9.17, 15) is 0 Å². The number of hydrogen-bond donors (Lipinski definition) is 0. The maximum Gasteiger partial charge on any atom is 0.160 e. The van der Waals surface area contributed by atoms with Crippen molar-refractivity contribution >= 4 is 10.8 Å². The Morgan fingerprint density at radius 2 is 0.723 bits per heavy atom. The molecule has 0 unspecified atom stereocenters. The lowest BCUT2D eigenvalue weighted by Gasteiger charge is -2.31. The summed E-state index contributed by atoms with van der Waals surface area (Å²) in [5.41, 5.74) is 22.0. The lowest BCUT2D eigenvalue weighted by Crippen LogP contribution is -2.26. The van der Waals surface area contributed by atoms with Gasteiger partial charge in [0.1, 0.15) is 0 Å². The smallest absolute Gasteiger partial charge is 0.160 e. The van der Waals surface area contributed by atoms with E-state index in [4.69, 9.17) is 9.97 Å². The number of rotatable bonds is 6. The van der Waals surface area contributed by atoms with Crippen molar-refractivity contribution in [3.05, 3.63) is 265 Å². The van der Waals surface area contributed by atoms with Gasteiger partial charge in [-0.3, -0.25) is 0 Å². The monoisotopic (exact) mass is 824 g/mol. The molecular weight excluding hydrogens is 785 g/mol. The number of aromatic nitrogens is 2. The number of benzene rings is 10. The Kier molecular flexibility index (Phi) is 8.47. The molecule has 13 rings (SSSR count). The van der Waals surface area contributed by atoms with Crippen molar-refractivity contribution in [1.29, 1.82) is 0 Å². The van der Waals surface area contributed by atoms with E-state index in [0.29, 0.717) is 5.82 Å². The predicted molar refractivity (Wildman–Crippen MR) is 268 cm³/mol. The SMILES string of the molecule is c1ccc(-c2ccc(-c3cc(-c4cccc(-c5cc6ccccc6c6c5-c5ccccc5C65c6ccccc6-c6ccccc65)c4)nc(-c4ccc(-c5ccccc5)cc4)n3)cc2)cc1. The van der Waals surface area contributed by atoms with Crippen molar-refractivity contribution in [1.82, 2.24) is 9.97 Å². The highest BCUT2D eigenvalue weighted by molar-refractivity contribution is 6.09. The van der Waals surface area contributed by atoms with Crippen molar-refractivity contribution in [3.63, 3.8) is 0 Å². The van der Waals surface area contributed by atoms with Crippen LogP contribution in [0.5, 0.6) is 0 Å². The highest BCUT2D eigenvalue weighted by atomic mass is 14.9. The van der Waals surface area contributed by atoms with E-state index in [1.54, 1.807) is 0 Å². The first kappa shape index (κ1) is 37.1. The van der Waals surface area contributed by atoms with Gasteiger partial charge in [-0.15, -0.1) is 0 Å². The molecule has 2 nitrogen and oxygen atoms in total. The van der Waals surface area contributed by atoms with E-state index in [0.717, 1.165) is 39.2 Å². The van der Waals surface area contributed by atoms with Crippen molar-refractivity contribution < 1.29 is 0 Å². The van der Waals surface area contributed by atoms with Crippen LogP contribution in [0.2, 0.25) is 0 Å². The van der Waals surface area contributed by atoms with Crippen LogP contribution >= 0.6 is 0 Å². The average molecular weight is 825 g/mol. The molecule has 0 aliphatic heterocycles. The summed E-state index contributed by atoms with van der Waals surface area (Å²) < 4.78 is 0. The number of fused-ring (bicyclic) bond motifs is 12. The van der Waals surface area contributed by atoms with Crippen LogP contribution in [0.1, 0.15) is 22.3 Å². The Balaban J connectivity index is 1.00. The third-order valence-electron chi connectivity index (χ3n) is 13.7. The van der Waals surface area contributed by atoms with Gasteiger partial charge in [0.2, 0.25) is 0 Å². The molecule has 302 valence electrons. The minimum Gasteiger partial charge on any atom is -0.228 e. The van der Waals surface area contributed by atoms with Gasteiger partial charge in [0.25, 0.3) is 0 Å². The highest BCUT2D eigenvalue weighted by Gasteiger charge is 2.53. The van der Waals surface area contributed by atoms with Crippen molar-refractivity contribution in [2.24, 2.45) is 0 Å². The molecule has 10 aromatic carbocycles. The fraction of sp³-hybridized carbons (Fsp3) is 0.0159. The van der Waals surface area contributed by atoms with Crippen LogP contribution in [0.4, 0.5) is 0 Å². The van der Waals surface area contributed by atoms with E-state index >= 15 is 0 Å². The molecule has 2 aliphatic carbocycles. The minimum atomic E-state index is -0.463. The van der Waals surface area contributed by atoms with Gasteiger partial charge < -0.3 is 0 Å². The standard InChI is InChI=1S/C63H40N2/c1-3-16-41(17-4-1)43-30-34-45(35-31-43)58-40-59(65-62(64-58)46-36-32-44(33-37-46)42-18-5-2-6-19-42)49-22-15-21-47(38-49)54-39-48-20-7-8-23-50(48)61-60(54)53-26-11-14-29-57(53)63(61)55-27-12-9-24-51(55)52-25-10-13-28-56(52)63/h1-40H. The largest absolute Gasteiger partial charge is 0.228 e. The summed E-state index contributed by atoms with van der Waals surface area (Å²) in [6, 6.07) is 88.1. The molecule has 1 heterocycles. The van der Waals surface area contributed by atoms with Crippen LogP contribution in [0.15, 0.2) is 243 Å². The summed E-state index contributed by atoms with van der Waals surface area (Å²) in [6.45, 7) is 0. The molecule has 0 fully saturated rings. The van der Waals surface area contributed by atoms with Crippen molar-refractivity contribution in [2.45, 2.75) is 5.41 Å².